The molecule has 1 N–H and O–H groups in total. The van der Waals surface area contributed by atoms with Crippen LogP contribution < -0.4 is 10.1 Å². The molecule has 3 rings (SSSR count). The number of anilines is 1. The molecular formula is C22H21BrN2O4. The number of benzene rings is 2. The van der Waals surface area contributed by atoms with Crippen LogP contribution in [0.2, 0.25) is 0 Å². The van der Waals surface area contributed by atoms with Gasteiger partial charge in [-0.05, 0) is 54.1 Å². The van der Waals surface area contributed by atoms with Crippen molar-refractivity contribution in [3.05, 3.63) is 82.2 Å². The van der Waals surface area contributed by atoms with Crippen molar-refractivity contribution < 1.29 is 18.7 Å². The minimum atomic E-state index is -0.350. The van der Waals surface area contributed by atoms with Crippen molar-refractivity contribution in [1.29, 1.82) is 0 Å². The maximum atomic E-state index is 12.5. The van der Waals surface area contributed by atoms with Gasteiger partial charge in [0.15, 0.2) is 5.76 Å². The van der Waals surface area contributed by atoms with E-state index in [0.29, 0.717) is 23.7 Å². The first-order chi connectivity index (χ1) is 13.9. The fraction of sp³-hybridized carbons (Fsp3) is 0.182. The first-order valence-corrected chi connectivity index (χ1v) is 9.79. The molecule has 0 spiro atoms. The number of halogens is 1. The third-order valence-electron chi connectivity index (χ3n) is 4.22. The van der Waals surface area contributed by atoms with Crippen molar-refractivity contribution in [2.45, 2.75) is 20.1 Å². The van der Waals surface area contributed by atoms with Gasteiger partial charge >= 0.3 is 0 Å². The Bertz CT molecular complexity index is 998. The van der Waals surface area contributed by atoms with Gasteiger partial charge in [0.1, 0.15) is 18.1 Å². The molecule has 6 nitrogen and oxygen atoms in total. The molecule has 150 valence electrons. The van der Waals surface area contributed by atoms with Gasteiger partial charge in [-0.3, -0.25) is 9.59 Å². The maximum absolute atomic E-state index is 12.5. The van der Waals surface area contributed by atoms with Crippen LogP contribution in [-0.4, -0.2) is 23.8 Å². The van der Waals surface area contributed by atoms with Crippen LogP contribution in [0.1, 0.15) is 28.8 Å². The lowest BCUT2D eigenvalue weighted by Crippen LogP contribution is -2.23. The predicted octanol–water partition coefficient (Wildman–Crippen LogP) is 4.85. The summed E-state index contributed by atoms with van der Waals surface area (Å²) >= 11 is 3.37. The number of carbonyl (C=O) groups is 2. The molecule has 0 atom stereocenters. The average Bonchev–Trinajstić information content (AvgIpc) is 3.17. The van der Waals surface area contributed by atoms with Crippen LogP contribution in [0.5, 0.6) is 5.75 Å². The van der Waals surface area contributed by atoms with E-state index in [-0.39, 0.29) is 24.2 Å². The molecule has 2 aromatic carbocycles. The SMILES string of the molecule is CC(=O)N(C)Cc1cccc(NC(=O)c2ccc(COc3ccc(Br)cc3)o2)c1. The zero-order valence-electron chi connectivity index (χ0n) is 16.1. The number of amides is 2. The minimum absolute atomic E-state index is 0.0205. The summed E-state index contributed by atoms with van der Waals surface area (Å²) in [5.74, 6) is 1.09. The molecule has 0 unspecified atom stereocenters. The van der Waals surface area contributed by atoms with Crippen molar-refractivity contribution in [2.24, 2.45) is 0 Å². The number of nitrogens with one attached hydrogen (secondary N) is 1. The van der Waals surface area contributed by atoms with E-state index in [0.717, 1.165) is 10.0 Å². The predicted molar refractivity (Wildman–Crippen MR) is 114 cm³/mol. The van der Waals surface area contributed by atoms with E-state index >= 15 is 0 Å². The van der Waals surface area contributed by atoms with Gasteiger partial charge in [0.2, 0.25) is 5.91 Å². The Morgan fingerprint density at radius 2 is 1.86 bits per heavy atom. The highest BCUT2D eigenvalue weighted by molar-refractivity contribution is 9.10. The number of ether oxygens (including phenoxy) is 1. The fourth-order valence-corrected chi connectivity index (χ4v) is 2.85. The van der Waals surface area contributed by atoms with Gasteiger partial charge in [-0.25, -0.2) is 0 Å². The van der Waals surface area contributed by atoms with Gasteiger partial charge in [0.05, 0.1) is 0 Å². The fourth-order valence-electron chi connectivity index (χ4n) is 2.59. The molecule has 7 heteroatoms. The number of nitrogens with zero attached hydrogens (tertiary/aromatic N) is 1. The van der Waals surface area contributed by atoms with E-state index in [4.69, 9.17) is 9.15 Å². The normalized spacial score (nSPS) is 10.4. The maximum Gasteiger partial charge on any atom is 0.291 e. The molecule has 0 saturated heterocycles. The lowest BCUT2D eigenvalue weighted by Gasteiger charge is -2.15. The number of carbonyl (C=O) groups excluding carboxylic acids is 2. The summed E-state index contributed by atoms with van der Waals surface area (Å²) in [6, 6.07) is 18.1. The van der Waals surface area contributed by atoms with Gasteiger partial charge in [-0.2, -0.15) is 0 Å². The van der Waals surface area contributed by atoms with Crippen LogP contribution in [-0.2, 0) is 17.9 Å². The Hall–Kier alpha value is -3.06. The molecule has 0 radical (unpaired) electrons. The second-order valence-corrected chi connectivity index (χ2v) is 7.45. The Kier molecular flexibility index (Phi) is 6.72. The lowest BCUT2D eigenvalue weighted by molar-refractivity contribution is -0.128. The second-order valence-electron chi connectivity index (χ2n) is 6.54. The zero-order chi connectivity index (χ0) is 20.8. The standard InChI is InChI=1S/C22H21BrN2O4/c1-15(26)25(2)13-16-4-3-5-18(12-16)24-22(27)21-11-10-20(29-21)14-28-19-8-6-17(23)7-9-19/h3-12H,13-14H2,1-2H3,(H,24,27). The largest absolute Gasteiger partial charge is 0.486 e. The van der Waals surface area contributed by atoms with Crippen LogP contribution in [0.4, 0.5) is 5.69 Å². The molecule has 0 aliphatic carbocycles. The van der Waals surface area contributed by atoms with Crippen molar-refractivity contribution in [2.75, 3.05) is 12.4 Å². The lowest BCUT2D eigenvalue weighted by atomic mass is 10.2. The smallest absolute Gasteiger partial charge is 0.291 e. The summed E-state index contributed by atoms with van der Waals surface area (Å²) in [5.41, 5.74) is 1.55. The highest BCUT2D eigenvalue weighted by Gasteiger charge is 2.13. The van der Waals surface area contributed by atoms with Gasteiger partial charge in [0.25, 0.3) is 5.91 Å². The third-order valence-corrected chi connectivity index (χ3v) is 4.75. The Morgan fingerprint density at radius 3 is 2.59 bits per heavy atom. The Balaban J connectivity index is 1.58. The van der Waals surface area contributed by atoms with E-state index in [1.54, 1.807) is 30.1 Å². The van der Waals surface area contributed by atoms with E-state index in [1.165, 1.54) is 6.92 Å². The molecule has 29 heavy (non-hydrogen) atoms. The van der Waals surface area contributed by atoms with E-state index in [2.05, 4.69) is 21.2 Å². The van der Waals surface area contributed by atoms with Crippen LogP contribution in [0.15, 0.2) is 69.6 Å². The van der Waals surface area contributed by atoms with Crippen LogP contribution >= 0.6 is 15.9 Å². The molecule has 0 bridgehead atoms. The molecule has 1 aromatic heterocycles. The van der Waals surface area contributed by atoms with Crippen molar-refractivity contribution >= 4 is 33.4 Å². The van der Waals surface area contributed by atoms with Crippen LogP contribution in [0, 0.1) is 0 Å². The number of rotatable bonds is 7. The Morgan fingerprint density at radius 1 is 1.10 bits per heavy atom. The quantitative estimate of drug-likeness (QED) is 0.551. The molecule has 0 aliphatic heterocycles. The third kappa shape index (κ3) is 5.96. The van der Waals surface area contributed by atoms with E-state index < -0.39 is 0 Å². The summed E-state index contributed by atoms with van der Waals surface area (Å²) in [6.07, 6.45) is 0. The molecule has 3 aromatic rings. The highest BCUT2D eigenvalue weighted by atomic mass is 79.9. The number of furan rings is 1. The van der Waals surface area contributed by atoms with E-state index in [9.17, 15) is 9.59 Å². The number of hydrogen-bond acceptors (Lipinski definition) is 4. The summed E-state index contributed by atoms with van der Waals surface area (Å²) < 4.78 is 12.2. The first kappa shape index (κ1) is 20.7. The van der Waals surface area contributed by atoms with E-state index in [1.807, 2.05) is 42.5 Å². The highest BCUT2D eigenvalue weighted by Crippen LogP contribution is 2.19. The van der Waals surface area contributed by atoms with Crippen molar-refractivity contribution in [1.82, 2.24) is 4.90 Å². The summed E-state index contributed by atoms with van der Waals surface area (Å²) in [7, 11) is 1.73. The minimum Gasteiger partial charge on any atom is -0.486 e. The Labute approximate surface area is 177 Å². The summed E-state index contributed by atoms with van der Waals surface area (Å²) in [6.45, 7) is 2.21. The second kappa shape index (κ2) is 9.43. The van der Waals surface area contributed by atoms with Gasteiger partial charge in [0, 0.05) is 30.7 Å². The molecule has 0 saturated carbocycles. The molecule has 1 heterocycles. The monoisotopic (exact) mass is 456 g/mol. The average molecular weight is 457 g/mol. The zero-order valence-corrected chi connectivity index (χ0v) is 17.7. The molecular weight excluding hydrogens is 436 g/mol. The molecule has 2 amide bonds. The van der Waals surface area contributed by atoms with Gasteiger partial charge in [-0.1, -0.05) is 28.1 Å². The summed E-state index contributed by atoms with van der Waals surface area (Å²) in [5, 5.41) is 2.81. The van der Waals surface area contributed by atoms with Crippen LogP contribution in [0.3, 0.4) is 0 Å². The van der Waals surface area contributed by atoms with Gasteiger partial charge in [-0.15, -0.1) is 0 Å². The van der Waals surface area contributed by atoms with Crippen LogP contribution in [0.25, 0.3) is 0 Å². The van der Waals surface area contributed by atoms with Crippen molar-refractivity contribution in [3.63, 3.8) is 0 Å². The summed E-state index contributed by atoms with van der Waals surface area (Å²) in [4.78, 5) is 25.5. The van der Waals surface area contributed by atoms with Crippen molar-refractivity contribution in [3.8, 4) is 5.75 Å². The number of hydrogen-bond donors (Lipinski definition) is 1. The topological polar surface area (TPSA) is 71.8 Å². The molecule has 0 aliphatic rings. The molecule has 0 fully saturated rings. The first-order valence-electron chi connectivity index (χ1n) is 9.00. The van der Waals surface area contributed by atoms with Gasteiger partial charge < -0.3 is 19.4 Å².